The number of unbranched alkanes of at least 4 members (excludes halogenated alkanes) is 1. The number of carbonyl (C=O) groups excluding carboxylic acids is 2. The molecule has 26 heavy (non-hydrogen) atoms. The first-order valence-corrected chi connectivity index (χ1v) is 8.45. The van der Waals surface area contributed by atoms with Gasteiger partial charge in [-0.3, -0.25) is 19.3 Å². The van der Waals surface area contributed by atoms with Gasteiger partial charge in [-0.15, -0.1) is 0 Å². The zero-order valence-electron chi connectivity index (χ0n) is 14.4. The number of aliphatic carboxylic acids is 1. The van der Waals surface area contributed by atoms with Gasteiger partial charge in [-0.25, -0.2) is 0 Å². The smallest absolute Gasteiger partial charge is 0.320 e. The number of nitrogens with zero attached hydrogens (tertiary/aromatic N) is 1. The molecule has 0 bridgehead atoms. The lowest BCUT2D eigenvalue weighted by Gasteiger charge is -2.21. The molecule has 2 aromatic carbocycles. The number of amides is 2. The number of imide groups is 1. The van der Waals surface area contributed by atoms with Crippen molar-refractivity contribution in [3.63, 3.8) is 0 Å². The highest BCUT2D eigenvalue weighted by atomic mass is 16.4. The fraction of sp³-hybridized carbons (Fsp3) is 0.250. The molecule has 0 aromatic heterocycles. The highest BCUT2D eigenvalue weighted by Gasteiger charge is 2.23. The number of hydrogen-bond acceptors (Lipinski definition) is 4. The molecule has 3 N–H and O–H groups in total. The third-order valence-corrected chi connectivity index (χ3v) is 4.00. The standard InChI is InChI=1S/C20H22N2O4/c21-17(20(25)26)13-7-8-14-22(18(23)15-9-3-1-4-10-15)19(24)16-11-5-2-6-12-16/h1-6,9-12,17H,7-8,13-14,21H2,(H,25,26)/t17-/m1/s1. The lowest BCUT2D eigenvalue weighted by Crippen LogP contribution is -2.38. The highest BCUT2D eigenvalue weighted by molar-refractivity contribution is 6.10. The van der Waals surface area contributed by atoms with Crippen LogP contribution in [0, 0.1) is 0 Å². The number of carboxylic acid groups (broad SMARTS) is 1. The first-order valence-electron chi connectivity index (χ1n) is 8.45. The zero-order valence-corrected chi connectivity index (χ0v) is 14.4. The minimum absolute atomic E-state index is 0.202. The van der Waals surface area contributed by atoms with Crippen LogP contribution in [-0.4, -0.2) is 40.4 Å². The van der Waals surface area contributed by atoms with E-state index in [0.29, 0.717) is 30.4 Å². The van der Waals surface area contributed by atoms with Crippen molar-refractivity contribution >= 4 is 17.8 Å². The molecule has 0 aliphatic carbocycles. The lowest BCUT2D eigenvalue weighted by molar-refractivity contribution is -0.138. The van der Waals surface area contributed by atoms with Crippen LogP contribution in [-0.2, 0) is 4.79 Å². The van der Waals surface area contributed by atoms with Gasteiger partial charge in [-0.2, -0.15) is 0 Å². The van der Waals surface area contributed by atoms with E-state index in [-0.39, 0.29) is 18.4 Å². The van der Waals surface area contributed by atoms with Crippen molar-refractivity contribution in [2.24, 2.45) is 5.73 Å². The second-order valence-electron chi connectivity index (χ2n) is 5.93. The Morgan fingerprint density at radius 2 is 1.31 bits per heavy atom. The van der Waals surface area contributed by atoms with Crippen LogP contribution in [0.4, 0.5) is 0 Å². The van der Waals surface area contributed by atoms with Crippen LogP contribution in [0.25, 0.3) is 0 Å². The fourth-order valence-electron chi connectivity index (χ4n) is 2.53. The van der Waals surface area contributed by atoms with Gasteiger partial charge in [-0.05, 0) is 43.5 Å². The van der Waals surface area contributed by atoms with Crippen molar-refractivity contribution in [2.45, 2.75) is 25.3 Å². The van der Waals surface area contributed by atoms with E-state index in [1.165, 1.54) is 4.90 Å². The number of carbonyl (C=O) groups is 3. The Bertz CT molecular complexity index is 695. The average molecular weight is 354 g/mol. The molecular weight excluding hydrogens is 332 g/mol. The quantitative estimate of drug-likeness (QED) is 0.560. The van der Waals surface area contributed by atoms with Crippen LogP contribution in [0.1, 0.15) is 40.0 Å². The molecule has 0 spiro atoms. The molecule has 6 heteroatoms. The van der Waals surface area contributed by atoms with E-state index in [9.17, 15) is 14.4 Å². The van der Waals surface area contributed by atoms with E-state index in [1.54, 1.807) is 60.7 Å². The first-order chi connectivity index (χ1) is 12.5. The van der Waals surface area contributed by atoms with Crippen molar-refractivity contribution in [1.82, 2.24) is 4.90 Å². The van der Waals surface area contributed by atoms with Crippen LogP contribution in [0.3, 0.4) is 0 Å². The van der Waals surface area contributed by atoms with Gasteiger partial charge in [0.25, 0.3) is 11.8 Å². The fourth-order valence-corrected chi connectivity index (χ4v) is 2.53. The summed E-state index contributed by atoms with van der Waals surface area (Å²) in [6, 6.07) is 16.3. The van der Waals surface area contributed by atoms with E-state index >= 15 is 0 Å². The summed E-state index contributed by atoms with van der Waals surface area (Å²) in [7, 11) is 0. The highest BCUT2D eigenvalue weighted by Crippen LogP contribution is 2.12. The van der Waals surface area contributed by atoms with E-state index < -0.39 is 12.0 Å². The molecule has 0 unspecified atom stereocenters. The lowest BCUT2D eigenvalue weighted by atomic mass is 10.1. The minimum atomic E-state index is -1.05. The summed E-state index contributed by atoms with van der Waals surface area (Å²) in [5.41, 5.74) is 6.35. The molecule has 6 nitrogen and oxygen atoms in total. The number of rotatable bonds is 8. The molecule has 0 saturated carbocycles. The Labute approximate surface area is 152 Å². The molecule has 2 aromatic rings. The summed E-state index contributed by atoms with van der Waals surface area (Å²) in [6.07, 6.45) is 1.29. The van der Waals surface area contributed by atoms with Gasteiger partial charge < -0.3 is 10.8 Å². The van der Waals surface area contributed by atoms with Gasteiger partial charge >= 0.3 is 5.97 Å². The molecule has 0 saturated heterocycles. The molecule has 2 rings (SSSR count). The maximum absolute atomic E-state index is 12.8. The summed E-state index contributed by atoms with van der Waals surface area (Å²) in [4.78, 5) is 37.5. The normalized spacial score (nSPS) is 11.6. The monoisotopic (exact) mass is 354 g/mol. The number of nitrogens with two attached hydrogens (primary N) is 1. The Kier molecular flexibility index (Phi) is 7.05. The van der Waals surface area contributed by atoms with Gasteiger partial charge in [0.1, 0.15) is 6.04 Å². The van der Waals surface area contributed by atoms with Crippen molar-refractivity contribution in [2.75, 3.05) is 6.54 Å². The molecule has 136 valence electrons. The second kappa shape index (κ2) is 9.48. The molecule has 0 aliphatic heterocycles. The number of hydrogen-bond donors (Lipinski definition) is 2. The van der Waals surface area contributed by atoms with Crippen LogP contribution in [0.15, 0.2) is 60.7 Å². The van der Waals surface area contributed by atoms with Crippen LogP contribution in [0.5, 0.6) is 0 Å². The average Bonchev–Trinajstić information content (AvgIpc) is 2.68. The predicted molar refractivity (Wildman–Crippen MR) is 97.7 cm³/mol. The maximum Gasteiger partial charge on any atom is 0.320 e. The molecule has 0 radical (unpaired) electrons. The Morgan fingerprint density at radius 3 is 1.73 bits per heavy atom. The van der Waals surface area contributed by atoms with Gasteiger partial charge in [0, 0.05) is 17.7 Å². The Morgan fingerprint density at radius 1 is 0.846 bits per heavy atom. The van der Waals surface area contributed by atoms with Gasteiger partial charge in [0.05, 0.1) is 0 Å². The number of benzene rings is 2. The zero-order chi connectivity index (χ0) is 18.9. The molecule has 1 atom stereocenters. The summed E-state index contributed by atoms with van der Waals surface area (Å²) < 4.78 is 0. The molecule has 0 fully saturated rings. The van der Waals surface area contributed by atoms with E-state index in [1.807, 2.05) is 0 Å². The van der Waals surface area contributed by atoms with E-state index in [4.69, 9.17) is 10.8 Å². The topological polar surface area (TPSA) is 101 Å². The van der Waals surface area contributed by atoms with Crippen molar-refractivity contribution in [1.29, 1.82) is 0 Å². The van der Waals surface area contributed by atoms with Crippen molar-refractivity contribution in [3.8, 4) is 0 Å². The second-order valence-corrected chi connectivity index (χ2v) is 5.93. The molecule has 0 aliphatic rings. The van der Waals surface area contributed by atoms with E-state index in [0.717, 1.165) is 0 Å². The maximum atomic E-state index is 12.8. The van der Waals surface area contributed by atoms with Crippen molar-refractivity contribution in [3.05, 3.63) is 71.8 Å². The Hall–Kier alpha value is -2.99. The van der Waals surface area contributed by atoms with Crippen molar-refractivity contribution < 1.29 is 19.5 Å². The molecular formula is C20H22N2O4. The summed E-state index contributed by atoms with van der Waals surface area (Å²) in [6.45, 7) is 0.202. The molecule has 0 heterocycles. The van der Waals surface area contributed by atoms with Gasteiger partial charge in [0.2, 0.25) is 0 Å². The predicted octanol–water partition coefficient (Wildman–Crippen LogP) is 2.55. The van der Waals surface area contributed by atoms with Gasteiger partial charge in [-0.1, -0.05) is 36.4 Å². The Balaban J connectivity index is 2.10. The molecule has 2 amide bonds. The third kappa shape index (κ3) is 5.26. The summed E-state index contributed by atoms with van der Waals surface area (Å²) in [5, 5.41) is 8.82. The third-order valence-electron chi connectivity index (χ3n) is 4.00. The SMILES string of the molecule is N[C@H](CCCCN(C(=O)c1ccccc1)C(=O)c1ccccc1)C(=O)O. The summed E-state index contributed by atoms with van der Waals surface area (Å²) in [5.74, 6) is -1.80. The van der Waals surface area contributed by atoms with Gasteiger partial charge in [0.15, 0.2) is 0 Å². The van der Waals surface area contributed by atoms with Crippen LogP contribution >= 0.6 is 0 Å². The minimum Gasteiger partial charge on any atom is -0.480 e. The van der Waals surface area contributed by atoms with Crippen LogP contribution in [0.2, 0.25) is 0 Å². The largest absolute Gasteiger partial charge is 0.480 e. The van der Waals surface area contributed by atoms with E-state index in [2.05, 4.69) is 0 Å². The number of carboxylic acids is 1. The van der Waals surface area contributed by atoms with Crippen LogP contribution < -0.4 is 5.73 Å². The summed E-state index contributed by atoms with van der Waals surface area (Å²) >= 11 is 0. The first kappa shape index (κ1) is 19.3.